The molecule has 0 atom stereocenters. The molecule has 0 aromatic heterocycles. The number of hydrogen-bond donors (Lipinski definition) is 1. The summed E-state index contributed by atoms with van der Waals surface area (Å²) < 4.78 is 18.6. The van der Waals surface area contributed by atoms with Crippen LogP contribution in [-0.2, 0) is 17.8 Å². The highest BCUT2D eigenvalue weighted by molar-refractivity contribution is 6.01. The highest BCUT2D eigenvalue weighted by Crippen LogP contribution is 2.16. The van der Waals surface area contributed by atoms with Crippen molar-refractivity contribution >= 4 is 12.0 Å². The summed E-state index contributed by atoms with van der Waals surface area (Å²) >= 11 is 0. The topological polar surface area (TPSA) is 62.1 Å². The van der Waals surface area contributed by atoms with Gasteiger partial charge in [-0.25, -0.2) is 4.39 Å². The van der Waals surface area contributed by atoms with Crippen LogP contribution in [0.1, 0.15) is 23.1 Å². The zero-order valence-electron chi connectivity index (χ0n) is 17.1. The van der Waals surface area contributed by atoms with Gasteiger partial charge in [0.15, 0.2) is 0 Å². The summed E-state index contributed by atoms with van der Waals surface area (Å²) in [5.74, 6) is -0.0223. The van der Waals surface area contributed by atoms with Crippen LogP contribution >= 0.6 is 0 Å². The third-order valence-electron chi connectivity index (χ3n) is 4.65. The van der Waals surface area contributed by atoms with Gasteiger partial charge in [0.05, 0.1) is 0 Å². The van der Waals surface area contributed by atoms with Crippen LogP contribution in [0.5, 0.6) is 5.75 Å². The summed E-state index contributed by atoms with van der Waals surface area (Å²) in [6, 6.07) is 25.2. The van der Waals surface area contributed by atoms with Crippen LogP contribution in [0.25, 0.3) is 6.08 Å². The Morgan fingerprint density at radius 2 is 1.68 bits per heavy atom. The zero-order chi connectivity index (χ0) is 21.9. The van der Waals surface area contributed by atoms with E-state index in [1.165, 1.54) is 17.7 Å². The third kappa shape index (κ3) is 7.13. The molecule has 0 aliphatic carbocycles. The highest BCUT2D eigenvalue weighted by atomic mass is 19.1. The second kappa shape index (κ2) is 11.3. The van der Waals surface area contributed by atoms with Crippen LogP contribution < -0.4 is 10.1 Å². The number of hydrogen-bond acceptors (Lipinski definition) is 3. The van der Waals surface area contributed by atoms with E-state index in [2.05, 4.69) is 17.4 Å². The van der Waals surface area contributed by atoms with Crippen molar-refractivity contribution in [3.8, 4) is 11.8 Å². The number of carbonyl (C=O) groups excluding carboxylic acids is 1. The molecule has 1 N–H and O–H groups in total. The zero-order valence-corrected chi connectivity index (χ0v) is 17.1. The maximum atomic E-state index is 12.9. The monoisotopic (exact) mass is 414 g/mol. The van der Waals surface area contributed by atoms with Crippen LogP contribution in [0.4, 0.5) is 4.39 Å². The smallest absolute Gasteiger partial charge is 0.261 e. The first kappa shape index (κ1) is 21.8. The van der Waals surface area contributed by atoms with Crippen molar-refractivity contribution in [1.82, 2.24) is 5.32 Å². The molecule has 0 heterocycles. The lowest BCUT2D eigenvalue weighted by atomic mass is 10.1. The number of nitriles is 1. The van der Waals surface area contributed by atoms with Gasteiger partial charge in [0, 0.05) is 6.54 Å². The number of nitrogens with one attached hydrogen (secondary N) is 1. The number of nitrogens with zero attached hydrogens (tertiary/aromatic N) is 1. The molecule has 0 saturated carbocycles. The van der Waals surface area contributed by atoms with E-state index in [4.69, 9.17) is 4.74 Å². The van der Waals surface area contributed by atoms with Gasteiger partial charge in [0.2, 0.25) is 0 Å². The van der Waals surface area contributed by atoms with E-state index in [0.717, 1.165) is 24.0 Å². The fourth-order valence-corrected chi connectivity index (χ4v) is 2.96. The Labute approximate surface area is 181 Å². The second-order valence-electron chi connectivity index (χ2n) is 7.00. The molecule has 31 heavy (non-hydrogen) atoms. The molecule has 0 spiro atoms. The van der Waals surface area contributed by atoms with Gasteiger partial charge >= 0.3 is 0 Å². The van der Waals surface area contributed by atoms with Crippen molar-refractivity contribution in [1.29, 1.82) is 5.26 Å². The predicted molar refractivity (Wildman–Crippen MR) is 119 cm³/mol. The average molecular weight is 414 g/mol. The van der Waals surface area contributed by atoms with E-state index in [0.29, 0.717) is 18.9 Å². The highest BCUT2D eigenvalue weighted by Gasteiger charge is 2.08. The van der Waals surface area contributed by atoms with E-state index in [-0.39, 0.29) is 17.3 Å². The number of rotatable bonds is 9. The summed E-state index contributed by atoms with van der Waals surface area (Å²) in [4.78, 5) is 12.3. The first-order chi connectivity index (χ1) is 15.1. The van der Waals surface area contributed by atoms with Crippen LogP contribution in [0.3, 0.4) is 0 Å². The van der Waals surface area contributed by atoms with Crippen LogP contribution in [0.2, 0.25) is 0 Å². The van der Waals surface area contributed by atoms with E-state index in [9.17, 15) is 14.4 Å². The van der Waals surface area contributed by atoms with Gasteiger partial charge in [-0.3, -0.25) is 4.79 Å². The Kier molecular flexibility index (Phi) is 7.96. The molecular weight excluding hydrogens is 391 g/mol. The fourth-order valence-electron chi connectivity index (χ4n) is 2.96. The molecule has 5 heteroatoms. The van der Waals surface area contributed by atoms with Gasteiger partial charge < -0.3 is 10.1 Å². The fraction of sp³-hybridized carbons (Fsp3) is 0.154. The predicted octanol–water partition coefficient (Wildman–Crippen LogP) is 5.06. The van der Waals surface area contributed by atoms with Crippen LogP contribution in [0.15, 0.2) is 84.4 Å². The Morgan fingerprint density at radius 3 is 2.35 bits per heavy atom. The quantitative estimate of drug-likeness (QED) is 0.302. The average Bonchev–Trinajstić information content (AvgIpc) is 2.81. The van der Waals surface area contributed by atoms with Gasteiger partial charge in [-0.15, -0.1) is 0 Å². The van der Waals surface area contributed by atoms with E-state index >= 15 is 0 Å². The van der Waals surface area contributed by atoms with Gasteiger partial charge in [0.25, 0.3) is 5.91 Å². The lowest BCUT2D eigenvalue weighted by Crippen LogP contribution is -2.25. The van der Waals surface area contributed by atoms with Crippen molar-refractivity contribution in [2.45, 2.75) is 19.4 Å². The van der Waals surface area contributed by atoms with Crippen LogP contribution in [-0.4, -0.2) is 12.5 Å². The molecule has 0 saturated heterocycles. The molecule has 1 amide bonds. The Bertz CT molecular complexity index is 1050. The van der Waals surface area contributed by atoms with Crippen molar-refractivity contribution in [2.24, 2.45) is 0 Å². The molecule has 0 unspecified atom stereocenters. The number of aryl methyl sites for hydroxylation is 1. The lowest BCUT2D eigenvalue weighted by molar-refractivity contribution is -0.117. The first-order valence-electron chi connectivity index (χ1n) is 10.1. The van der Waals surface area contributed by atoms with Gasteiger partial charge in [0.1, 0.15) is 29.8 Å². The van der Waals surface area contributed by atoms with Crippen molar-refractivity contribution < 1.29 is 13.9 Å². The summed E-state index contributed by atoms with van der Waals surface area (Å²) in [7, 11) is 0. The van der Waals surface area contributed by atoms with Gasteiger partial charge in [-0.1, -0.05) is 54.6 Å². The lowest BCUT2D eigenvalue weighted by Gasteiger charge is -2.07. The Hall–Kier alpha value is -3.91. The number of carbonyl (C=O) groups is 1. The molecule has 0 radical (unpaired) electrons. The van der Waals surface area contributed by atoms with Crippen molar-refractivity contribution in [3.05, 3.63) is 107 Å². The standard InChI is InChI=1S/C26H23FN2O2/c27-24-12-8-22(9-13-24)19-31-25-14-10-21(11-15-25)17-23(18-28)26(30)29-16-4-7-20-5-2-1-3-6-20/h1-3,5-6,8-15,17H,4,7,16,19H2,(H,29,30)/b23-17-. The third-order valence-corrected chi connectivity index (χ3v) is 4.65. The van der Waals surface area contributed by atoms with E-state index in [1.54, 1.807) is 42.5 Å². The minimum atomic E-state index is -0.382. The second-order valence-corrected chi connectivity index (χ2v) is 7.00. The van der Waals surface area contributed by atoms with E-state index < -0.39 is 0 Å². The molecule has 0 aliphatic heterocycles. The number of ether oxygens (including phenoxy) is 1. The Balaban J connectivity index is 1.49. The van der Waals surface area contributed by atoms with Gasteiger partial charge in [-0.05, 0) is 59.9 Å². The number of amides is 1. The number of halogens is 1. The summed E-state index contributed by atoms with van der Waals surface area (Å²) in [5, 5.41) is 12.1. The largest absolute Gasteiger partial charge is 0.489 e. The molecule has 0 bridgehead atoms. The minimum absolute atomic E-state index is 0.0553. The molecule has 4 nitrogen and oxygen atoms in total. The molecule has 0 aliphatic rings. The van der Waals surface area contributed by atoms with Crippen molar-refractivity contribution in [2.75, 3.05) is 6.54 Å². The SMILES string of the molecule is N#C/C(=C/c1ccc(OCc2ccc(F)cc2)cc1)C(=O)NCCCc1ccccc1. The molecule has 3 rings (SSSR count). The minimum Gasteiger partial charge on any atom is -0.489 e. The van der Waals surface area contributed by atoms with E-state index in [1.807, 2.05) is 24.3 Å². The maximum absolute atomic E-state index is 12.9. The normalized spacial score (nSPS) is 10.9. The molecular formula is C26H23FN2O2. The molecule has 156 valence electrons. The summed E-state index contributed by atoms with van der Waals surface area (Å²) in [5.41, 5.74) is 2.86. The van der Waals surface area contributed by atoms with Gasteiger partial charge in [-0.2, -0.15) is 5.26 Å². The molecule has 3 aromatic carbocycles. The van der Waals surface area contributed by atoms with Crippen molar-refractivity contribution in [3.63, 3.8) is 0 Å². The summed E-state index contributed by atoms with van der Waals surface area (Å²) in [6.07, 6.45) is 3.22. The first-order valence-corrected chi connectivity index (χ1v) is 10.1. The summed E-state index contributed by atoms with van der Waals surface area (Å²) in [6.45, 7) is 0.827. The maximum Gasteiger partial charge on any atom is 0.261 e. The van der Waals surface area contributed by atoms with Crippen LogP contribution in [0, 0.1) is 17.1 Å². The number of benzene rings is 3. The molecule has 3 aromatic rings. The Morgan fingerprint density at radius 1 is 0.968 bits per heavy atom. The molecule has 0 fully saturated rings.